The van der Waals surface area contributed by atoms with Crippen molar-refractivity contribution >= 4 is 0 Å². The van der Waals surface area contributed by atoms with Gasteiger partial charge in [0.1, 0.15) is 0 Å². The van der Waals surface area contributed by atoms with Gasteiger partial charge in [0.05, 0.1) is 12.2 Å². The maximum absolute atomic E-state index is 5.80. The second kappa shape index (κ2) is 6.11. The molecule has 1 aliphatic heterocycles. The summed E-state index contributed by atoms with van der Waals surface area (Å²) in [6, 6.07) is 0. The first-order valence-corrected chi connectivity index (χ1v) is 7.67. The second-order valence-corrected chi connectivity index (χ2v) is 8.09. The number of hydrogen-bond acceptors (Lipinski definition) is 3. The zero-order chi connectivity index (χ0) is 14.7. The van der Waals surface area contributed by atoms with Crippen LogP contribution in [0.3, 0.4) is 0 Å². The Morgan fingerprint density at radius 1 is 1.21 bits per heavy atom. The third-order valence-corrected chi connectivity index (χ3v) is 4.01. The average molecular weight is 270 g/mol. The van der Waals surface area contributed by atoms with Gasteiger partial charge in [-0.05, 0) is 46.5 Å². The second-order valence-electron chi connectivity index (χ2n) is 8.09. The lowest BCUT2D eigenvalue weighted by molar-refractivity contribution is -0.0938. The van der Waals surface area contributed by atoms with Gasteiger partial charge in [-0.25, -0.2) is 0 Å². The molecule has 1 N–H and O–H groups in total. The van der Waals surface area contributed by atoms with Crippen LogP contribution in [-0.4, -0.2) is 48.8 Å². The van der Waals surface area contributed by atoms with Crippen LogP contribution in [0.25, 0.3) is 0 Å². The van der Waals surface area contributed by atoms with E-state index >= 15 is 0 Å². The van der Waals surface area contributed by atoms with Crippen LogP contribution in [0.5, 0.6) is 0 Å². The van der Waals surface area contributed by atoms with Gasteiger partial charge in [0, 0.05) is 31.7 Å². The molecule has 1 atom stereocenters. The Morgan fingerprint density at radius 3 is 2.32 bits per heavy atom. The Labute approximate surface area is 120 Å². The van der Waals surface area contributed by atoms with E-state index in [1.807, 2.05) is 0 Å². The minimum Gasteiger partial charge on any atom is -0.373 e. The highest BCUT2D eigenvalue weighted by Gasteiger charge is 2.32. The molecule has 0 spiro atoms. The zero-order valence-corrected chi connectivity index (χ0v) is 14.1. The van der Waals surface area contributed by atoms with Gasteiger partial charge in [0.25, 0.3) is 0 Å². The minimum absolute atomic E-state index is 0.00432. The molecule has 0 radical (unpaired) electrons. The van der Waals surface area contributed by atoms with Crippen molar-refractivity contribution < 1.29 is 4.74 Å². The SMILES string of the molecule is CCC(C)(CNC(C)(C)C)CN1CCOC(C)(C)C1. The highest BCUT2D eigenvalue weighted by atomic mass is 16.5. The lowest BCUT2D eigenvalue weighted by Crippen LogP contribution is -2.53. The van der Waals surface area contributed by atoms with Gasteiger partial charge in [-0.3, -0.25) is 4.90 Å². The molecule has 19 heavy (non-hydrogen) atoms. The summed E-state index contributed by atoms with van der Waals surface area (Å²) in [7, 11) is 0. The number of nitrogens with one attached hydrogen (secondary N) is 1. The first kappa shape index (κ1) is 16.9. The number of ether oxygens (including phenoxy) is 1. The fourth-order valence-corrected chi connectivity index (χ4v) is 2.56. The summed E-state index contributed by atoms with van der Waals surface area (Å²) in [5.74, 6) is 0. The van der Waals surface area contributed by atoms with E-state index in [-0.39, 0.29) is 11.1 Å². The van der Waals surface area contributed by atoms with E-state index in [2.05, 4.69) is 58.7 Å². The molecule has 1 rings (SSSR count). The van der Waals surface area contributed by atoms with Gasteiger partial charge in [0.2, 0.25) is 0 Å². The zero-order valence-electron chi connectivity index (χ0n) is 14.1. The van der Waals surface area contributed by atoms with Crippen molar-refractivity contribution in [3.63, 3.8) is 0 Å². The highest BCUT2D eigenvalue weighted by Crippen LogP contribution is 2.26. The molecule has 1 unspecified atom stereocenters. The standard InChI is InChI=1S/C16H34N2O/c1-8-16(7,11-17-14(2,3)4)13-18-9-10-19-15(5,6)12-18/h17H,8-13H2,1-7H3. The van der Waals surface area contributed by atoms with Crippen molar-refractivity contribution in [3.05, 3.63) is 0 Å². The van der Waals surface area contributed by atoms with E-state index in [0.717, 1.165) is 32.8 Å². The Hall–Kier alpha value is -0.120. The van der Waals surface area contributed by atoms with E-state index in [9.17, 15) is 0 Å². The lowest BCUT2D eigenvalue weighted by Gasteiger charge is -2.43. The molecule has 1 heterocycles. The molecule has 3 heteroatoms. The molecule has 0 amide bonds. The monoisotopic (exact) mass is 270 g/mol. The summed E-state index contributed by atoms with van der Waals surface area (Å²) in [5.41, 5.74) is 0.533. The van der Waals surface area contributed by atoms with Gasteiger partial charge in [-0.15, -0.1) is 0 Å². The first-order valence-electron chi connectivity index (χ1n) is 7.67. The van der Waals surface area contributed by atoms with Crippen molar-refractivity contribution in [1.82, 2.24) is 10.2 Å². The average Bonchev–Trinajstić information content (AvgIpc) is 2.24. The molecule has 1 aliphatic rings. The fourth-order valence-electron chi connectivity index (χ4n) is 2.56. The molecule has 0 aromatic rings. The largest absolute Gasteiger partial charge is 0.373 e. The predicted octanol–water partition coefficient (Wildman–Crippen LogP) is 2.90. The quantitative estimate of drug-likeness (QED) is 0.831. The van der Waals surface area contributed by atoms with E-state index in [0.29, 0.717) is 5.41 Å². The summed E-state index contributed by atoms with van der Waals surface area (Å²) >= 11 is 0. The van der Waals surface area contributed by atoms with Crippen LogP contribution in [0.15, 0.2) is 0 Å². The molecule has 3 nitrogen and oxygen atoms in total. The maximum atomic E-state index is 5.80. The van der Waals surface area contributed by atoms with Gasteiger partial charge < -0.3 is 10.1 Å². The van der Waals surface area contributed by atoms with Crippen LogP contribution in [0.4, 0.5) is 0 Å². The Kier molecular flexibility index (Phi) is 5.44. The maximum Gasteiger partial charge on any atom is 0.0753 e. The molecule has 0 saturated carbocycles. The van der Waals surface area contributed by atoms with Crippen LogP contribution in [0.1, 0.15) is 54.9 Å². The summed E-state index contributed by atoms with van der Waals surface area (Å²) in [5, 5.41) is 3.67. The van der Waals surface area contributed by atoms with Crippen LogP contribution in [0.2, 0.25) is 0 Å². The Balaban J connectivity index is 2.55. The Morgan fingerprint density at radius 2 is 1.84 bits per heavy atom. The van der Waals surface area contributed by atoms with Crippen molar-refractivity contribution in [1.29, 1.82) is 0 Å². The third-order valence-electron chi connectivity index (χ3n) is 4.01. The van der Waals surface area contributed by atoms with Crippen LogP contribution in [0, 0.1) is 5.41 Å². The summed E-state index contributed by atoms with van der Waals surface area (Å²) < 4.78 is 5.80. The smallest absolute Gasteiger partial charge is 0.0753 e. The highest BCUT2D eigenvalue weighted by molar-refractivity contribution is 4.87. The molecule has 0 aliphatic carbocycles. The molecule has 114 valence electrons. The summed E-state index contributed by atoms with van der Waals surface area (Å²) in [4.78, 5) is 2.57. The van der Waals surface area contributed by atoms with Crippen LogP contribution in [-0.2, 0) is 4.74 Å². The molecular formula is C16H34N2O. The minimum atomic E-state index is 0.00432. The van der Waals surface area contributed by atoms with Crippen LogP contribution < -0.4 is 5.32 Å². The predicted molar refractivity (Wildman–Crippen MR) is 82.6 cm³/mol. The molecule has 0 bridgehead atoms. The van der Waals surface area contributed by atoms with Gasteiger partial charge in [0.15, 0.2) is 0 Å². The fraction of sp³-hybridized carbons (Fsp3) is 1.00. The van der Waals surface area contributed by atoms with Crippen molar-refractivity contribution in [2.24, 2.45) is 5.41 Å². The Bertz CT molecular complexity index is 283. The third kappa shape index (κ3) is 6.24. The normalized spacial score (nSPS) is 24.2. The van der Waals surface area contributed by atoms with Crippen molar-refractivity contribution in [2.45, 2.75) is 66.0 Å². The van der Waals surface area contributed by atoms with Crippen molar-refractivity contribution in [2.75, 3.05) is 32.8 Å². The lowest BCUT2D eigenvalue weighted by atomic mass is 9.85. The molecule has 0 aromatic heterocycles. The molecule has 1 saturated heterocycles. The van der Waals surface area contributed by atoms with E-state index in [1.54, 1.807) is 0 Å². The van der Waals surface area contributed by atoms with Crippen molar-refractivity contribution in [3.8, 4) is 0 Å². The summed E-state index contributed by atoms with van der Waals surface area (Å²) in [6.45, 7) is 21.0. The number of hydrogen-bond donors (Lipinski definition) is 1. The van der Waals surface area contributed by atoms with Gasteiger partial charge in [-0.1, -0.05) is 13.8 Å². The number of rotatable bonds is 5. The van der Waals surface area contributed by atoms with E-state index < -0.39 is 0 Å². The summed E-state index contributed by atoms with van der Waals surface area (Å²) in [6.07, 6.45) is 1.20. The van der Waals surface area contributed by atoms with Crippen LogP contribution >= 0.6 is 0 Å². The molecule has 0 aromatic carbocycles. The van der Waals surface area contributed by atoms with Gasteiger partial charge in [-0.2, -0.15) is 0 Å². The number of morpholine rings is 1. The van der Waals surface area contributed by atoms with E-state index in [1.165, 1.54) is 6.42 Å². The molecular weight excluding hydrogens is 236 g/mol. The molecule has 1 fully saturated rings. The topological polar surface area (TPSA) is 24.5 Å². The number of nitrogens with zero attached hydrogens (tertiary/aromatic N) is 1. The van der Waals surface area contributed by atoms with Gasteiger partial charge >= 0.3 is 0 Å². The first-order chi connectivity index (χ1) is 8.55. The van der Waals surface area contributed by atoms with E-state index in [4.69, 9.17) is 4.74 Å².